The van der Waals surface area contributed by atoms with Crippen molar-refractivity contribution in [1.29, 1.82) is 5.26 Å². The van der Waals surface area contributed by atoms with Gasteiger partial charge in [-0.3, -0.25) is 0 Å². The third kappa shape index (κ3) is 2.71. The van der Waals surface area contributed by atoms with Crippen molar-refractivity contribution in [2.75, 3.05) is 11.9 Å². The second kappa shape index (κ2) is 5.49. The number of anilines is 1. The Labute approximate surface area is 110 Å². The second-order valence-electron chi connectivity index (χ2n) is 4.20. The van der Waals surface area contributed by atoms with Crippen LogP contribution in [0.15, 0.2) is 42.5 Å². The maximum Gasteiger partial charge on any atom is 0.163 e. The van der Waals surface area contributed by atoms with Crippen molar-refractivity contribution in [1.82, 2.24) is 0 Å². The van der Waals surface area contributed by atoms with Crippen molar-refractivity contribution in [2.45, 2.75) is 6.54 Å². The van der Waals surface area contributed by atoms with Gasteiger partial charge in [-0.05, 0) is 18.2 Å². The maximum absolute atomic E-state index is 13.6. The molecule has 0 saturated heterocycles. The second-order valence-corrected chi connectivity index (χ2v) is 4.20. The molecule has 0 saturated carbocycles. The highest BCUT2D eigenvalue weighted by atomic mass is 19.2. The van der Waals surface area contributed by atoms with E-state index < -0.39 is 11.6 Å². The molecule has 0 unspecified atom stereocenters. The fourth-order valence-electron chi connectivity index (χ4n) is 1.91. The van der Waals surface area contributed by atoms with Gasteiger partial charge in [0, 0.05) is 19.2 Å². The fraction of sp³-hybridized carbons (Fsp3) is 0.133. The fourth-order valence-corrected chi connectivity index (χ4v) is 1.91. The van der Waals surface area contributed by atoms with Gasteiger partial charge in [-0.25, -0.2) is 8.78 Å². The molecular weight excluding hydrogens is 246 g/mol. The zero-order valence-corrected chi connectivity index (χ0v) is 10.4. The molecule has 0 N–H and O–H groups in total. The van der Waals surface area contributed by atoms with Gasteiger partial charge in [0.2, 0.25) is 0 Å². The van der Waals surface area contributed by atoms with Crippen LogP contribution in [0.3, 0.4) is 0 Å². The Bertz CT molecular complexity index is 632. The Kier molecular flexibility index (Phi) is 3.76. The van der Waals surface area contributed by atoms with E-state index in [-0.39, 0.29) is 12.1 Å². The van der Waals surface area contributed by atoms with E-state index in [9.17, 15) is 8.78 Å². The number of para-hydroxylation sites is 1. The zero-order chi connectivity index (χ0) is 13.8. The molecule has 0 heterocycles. The van der Waals surface area contributed by atoms with E-state index in [4.69, 9.17) is 5.26 Å². The number of rotatable bonds is 3. The molecule has 0 atom stereocenters. The van der Waals surface area contributed by atoms with Crippen LogP contribution in [-0.2, 0) is 6.54 Å². The van der Waals surface area contributed by atoms with Crippen LogP contribution in [0.5, 0.6) is 0 Å². The van der Waals surface area contributed by atoms with Crippen LogP contribution in [-0.4, -0.2) is 7.05 Å². The van der Waals surface area contributed by atoms with Gasteiger partial charge in [-0.15, -0.1) is 0 Å². The summed E-state index contributed by atoms with van der Waals surface area (Å²) in [5, 5.41) is 9.02. The van der Waals surface area contributed by atoms with Crippen molar-refractivity contribution < 1.29 is 8.78 Å². The summed E-state index contributed by atoms with van der Waals surface area (Å²) in [5.41, 5.74) is 1.45. The number of benzene rings is 2. The van der Waals surface area contributed by atoms with Crippen molar-refractivity contribution >= 4 is 5.69 Å². The number of nitriles is 1. The topological polar surface area (TPSA) is 27.0 Å². The van der Waals surface area contributed by atoms with Gasteiger partial charge >= 0.3 is 0 Å². The molecule has 0 aliphatic heterocycles. The van der Waals surface area contributed by atoms with Crippen LogP contribution in [0.4, 0.5) is 14.5 Å². The summed E-state index contributed by atoms with van der Waals surface area (Å²) >= 11 is 0. The highest BCUT2D eigenvalue weighted by Gasteiger charge is 2.12. The molecule has 19 heavy (non-hydrogen) atoms. The molecule has 0 radical (unpaired) electrons. The molecule has 0 spiro atoms. The maximum atomic E-state index is 13.6. The lowest BCUT2D eigenvalue weighted by atomic mass is 10.1. The summed E-state index contributed by atoms with van der Waals surface area (Å²) in [6.45, 7) is 0.197. The Morgan fingerprint density at radius 3 is 2.58 bits per heavy atom. The van der Waals surface area contributed by atoms with Crippen molar-refractivity contribution in [3.63, 3.8) is 0 Å². The van der Waals surface area contributed by atoms with Gasteiger partial charge in [-0.2, -0.15) is 5.26 Å². The van der Waals surface area contributed by atoms with Crippen molar-refractivity contribution in [2.24, 2.45) is 0 Å². The molecule has 2 aromatic rings. The van der Waals surface area contributed by atoms with Gasteiger partial charge < -0.3 is 4.90 Å². The quantitative estimate of drug-likeness (QED) is 0.842. The van der Waals surface area contributed by atoms with Crippen molar-refractivity contribution in [3.8, 4) is 6.07 Å². The average molecular weight is 258 g/mol. The predicted octanol–water partition coefficient (Wildman–Crippen LogP) is 3.47. The van der Waals surface area contributed by atoms with E-state index in [0.717, 1.165) is 6.07 Å². The first-order valence-corrected chi connectivity index (χ1v) is 5.76. The summed E-state index contributed by atoms with van der Waals surface area (Å²) in [4.78, 5) is 1.72. The highest BCUT2D eigenvalue weighted by molar-refractivity contribution is 5.58. The molecule has 96 valence electrons. The molecule has 0 aliphatic carbocycles. The normalized spacial score (nSPS) is 10.0. The van der Waals surface area contributed by atoms with Crippen LogP contribution in [0.2, 0.25) is 0 Å². The molecular formula is C15H12F2N2. The summed E-state index contributed by atoms with van der Waals surface area (Å²) in [7, 11) is 1.74. The average Bonchev–Trinajstić information content (AvgIpc) is 2.43. The summed E-state index contributed by atoms with van der Waals surface area (Å²) in [5.74, 6) is -1.71. The predicted molar refractivity (Wildman–Crippen MR) is 69.6 cm³/mol. The van der Waals surface area contributed by atoms with Crippen LogP contribution in [0, 0.1) is 23.0 Å². The zero-order valence-electron chi connectivity index (χ0n) is 10.4. The standard InChI is InChI=1S/C15H12F2N2/c1-19(14-8-3-2-5-11(14)9-18)10-12-6-4-7-13(16)15(12)17/h2-8H,10H2,1H3. The monoisotopic (exact) mass is 258 g/mol. The molecule has 0 aliphatic rings. The van der Waals surface area contributed by atoms with Crippen LogP contribution in [0.25, 0.3) is 0 Å². The number of hydrogen-bond donors (Lipinski definition) is 0. The molecule has 0 bridgehead atoms. The molecule has 2 aromatic carbocycles. The van der Waals surface area contributed by atoms with Gasteiger partial charge in [0.1, 0.15) is 6.07 Å². The minimum Gasteiger partial charge on any atom is -0.369 e. The largest absolute Gasteiger partial charge is 0.369 e. The highest BCUT2D eigenvalue weighted by Crippen LogP contribution is 2.21. The number of halogens is 2. The Balaban J connectivity index is 2.29. The van der Waals surface area contributed by atoms with Crippen LogP contribution < -0.4 is 4.90 Å². The van der Waals surface area contributed by atoms with E-state index in [1.807, 2.05) is 0 Å². The Morgan fingerprint density at radius 2 is 1.84 bits per heavy atom. The summed E-state index contributed by atoms with van der Waals surface area (Å²) in [6, 6.07) is 13.2. The smallest absolute Gasteiger partial charge is 0.163 e. The Morgan fingerprint density at radius 1 is 1.11 bits per heavy atom. The Hall–Kier alpha value is -2.41. The van der Waals surface area contributed by atoms with Crippen LogP contribution >= 0.6 is 0 Å². The lowest BCUT2D eigenvalue weighted by molar-refractivity contribution is 0.498. The lowest BCUT2D eigenvalue weighted by Gasteiger charge is -2.20. The van der Waals surface area contributed by atoms with E-state index in [2.05, 4.69) is 6.07 Å². The first kappa shape index (κ1) is 13.0. The van der Waals surface area contributed by atoms with Gasteiger partial charge in [0.25, 0.3) is 0 Å². The minimum atomic E-state index is -0.862. The molecule has 2 nitrogen and oxygen atoms in total. The van der Waals surface area contributed by atoms with Gasteiger partial charge in [-0.1, -0.05) is 24.3 Å². The first-order chi connectivity index (χ1) is 9.13. The third-order valence-electron chi connectivity index (χ3n) is 2.87. The van der Waals surface area contributed by atoms with Gasteiger partial charge in [0.15, 0.2) is 11.6 Å². The summed E-state index contributed by atoms with van der Waals surface area (Å²) in [6.07, 6.45) is 0. The molecule has 2 rings (SSSR count). The molecule has 0 aromatic heterocycles. The molecule has 0 amide bonds. The van der Waals surface area contributed by atoms with E-state index in [1.165, 1.54) is 12.1 Å². The van der Waals surface area contributed by atoms with E-state index in [0.29, 0.717) is 11.3 Å². The summed E-state index contributed by atoms with van der Waals surface area (Å²) < 4.78 is 26.7. The van der Waals surface area contributed by atoms with E-state index in [1.54, 1.807) is 36.2 Å². The molecule has 4 heteroatoms. The van der Waals surface area contributed by atoms with Crippen molar-refractivity contribution in [3.05, 3.63) is 65.2 Å². The van der Waals surface area contributed by atoms with E-state index >= 15 is 0 Å². The molecule has 0 fully saturated rings. The number of hydrogen-bond acceptors (Lipinski definition) is 2. The lowest BCUT2D eigenvalue weighted by Crippen LogP contribution is -2.18. The number of nitrogens with zero attached hydrogens (tertiary/aromatic N) is 2. The minimum absolute atomic E-state index is 0.197. The first-order valence-electron chi connectivity index (χ1n) is 5.76. The van der Waals surface area contributed by atoms with Gasteiger partial charge in [0.05, 0.1) is 11.3 Å². The third-order valence-corrected chi connectivity index (χ3v) is 2.87. The SMILES string of the molecule is CN(Cc1cccc(F)c1F)c1ccccc1C#N. The van der Waals surface area contributed by atoms with Crippen LogP contribution in [0.1, 0.15) is 11.1 Å².